The molecule has 2 aliphatic rings. The van der Waals surface area contributed by atoms with Crippen LogP contribution in [0.4, 0.5) is 13.2 Å². The van der Waals surface area contributed by atoms with Crippen molar-refractivity contribution in [2.24, 2.45) is 5.92 Å². The van der Waals surface area contributed by atoms with E-state index >= 15 is 0 Å². The molecule has 168 valence electrons. The molecule has 2 aromatic rings. The Balaban J connectivity index is 1.57. The fraction of sp³-hybridized carbons (Fsp3) is 0.550. The number of hydrogen-bond donors (Lipinski definition) is 1. The number of halogens is 4. The lowest BCUT2D eigenvalue weighted by Gasteiger charge is -2.38. The number of amides is 2. The molecule has 0 bridgehead atoms. The highest BCUT2D eigenvalue weighted by Gasteiger charge is 2.38. The van der Waals surface area contributed by atoms with Crippen molar-refractivity contribution in [3.63, 3.8) is 0 Å². The summed E-state index contributed by atoms with van der Waals surface area (Å²) in [5, 5.41) is 13.5. The Bertz CT molecular complexity index is 1030. The van der Waals surface area contributed by atoms with Gasteiger partial charge in [-0.25, -0.2) is 4.52 Å². The average Bonchev–Trinajstić information content (AvgIpc) is 3.47. The van der Waals surface area contributed by atoms with Crippen molar-refractivity contribution in [1.82, 2.24) is 19.4 Å². The number of pyridine rings is 1. The molecule has 2 amide bonds. The van der Waals surface area contributed by atoms with Crippen LogP contribution < -0.4 is 0 Å². The van der Waals surface area contributed by atoms with Crippen LogP contribution in [0, 0.1) is 12.8 Å². The Labute approximate surface area is 181 Å². The largest absolute Gasteiger partial charge is 0.433 e. The number of aliphatic hydroxyl groups excluding tert-OH is 1. The van der Waals surface area contributed by atoms with Gasteiger partial charge in [-0.15, -0.1) is 0 Å². The van der Waals surface area contributed by atoms with Crippen molar-refractivity contribution in [2.45, 2.75) is 38.4 Å². The lowest BCUT2D eigenvalue weighted by Crippen LogP contribution is -2.56. The quantitative estimate of drug-likeness (QED) is 0.747. The van der Waals surface area contributed by atoms with Crippen LogP contribution in [-0.4, -0.2) is 68.6 Å². The predicted molar refractivity (Wildman–Crippen MR) is 106 cm³/mol. The van der Waals surface area contributed by atoms with Crippen LogP contribution in [0.1, 0.15) is 41.0 Å². The van der Waals surface area contributed by atoms with Crippen molar-refractivity contribution >= 4 is 28.9 Å². The third kappa shape index (κ3) is 4.23. The van der Waals surface area contributed by atoms with Gasteiger partial charge < -0.3 is 14.9 Å². The first-order chi connectivity index (χ1) is 14.6. The molecule has 11 heteroatoms. The van der Waals surface area contributed by atoms with Crippen LogP contribution in [0.15, 0.2) is 12.1 Å². The number of nitrogens with zero attached hydrogens (tertiary/aromatic N) is 4. The fourth-order valence-corrected chi connectivity index (χ4v) is 4.27. The summed E-state index contributed by atoms with van der Waals surface area (Å²) in [6.07, 6.45) is -1.77. The molecular weight excluding hydrogens is 437 g/mol. The number of alkyl halides is 3. The number of fused-ring (bicyclic) bond motifs is 1. The Hall–Kier alpha value is -2.33. The number of hydrogen-bond acceptors (Lipinski definition) is 4. The van der Waals surface area contributed by atoms with E-state index in [2.05, 4.69) is 5.10 Å². The summed E-state index contributed by atoms with van der Waals surface area (Å²) < 4.78 is 40.9. The van der Waals surface area contributed by atoms with Crippen molar-refractivity contribution in [2.75, 3.05) is 26.2 Å². The standard InChI is InChI=1S/C20H22ClF3N4O3/c1-11-15-7-13(21)8-16(20(22,23)24)28(15)25-18(11)19(31)26-4-5-27(17(30)9-26)14(10-29)6-12-2-3-12/h7-8,12,14,29H,2-6,9-10H2,1H3/t14-/m0/s1. The molecule has 1 saturated heterocycles. The van der Waals surface area contributed by atoms with E-state index in [4.69, 9.17) is 11.6 Å². The Morgan fingerprint density at radius 1 is 1.32 bits per heavy atom. The number of piperazine rings is 1. The van der Waals surface area contributed by atoms with Crippen molar-refractivity contribution in [1.29, 1.82) is 0 Å². The maximum atomic E-state index is 13.4. The molecule has 1 atom stereocenters. The molecule has 31 heavy (non-hydrogen) atoms. The minimum atomic E-state index is -4.70. The molecule has 7 nitrogen and oxygen atoms in total. The number of aliphatic hydroxyl groups is 1. The van der Waals surface area contributed by atoms with Crippen LogP contribution >= 0.6 is 11.6 Å². The van der Waals surface area contributed by atoms with Crippen LogP contribution in [-0.2, 0) is 11.0 Å². The van der Waals surface area contributed by atoms with Gasteiger partial charge >= 0.3 is 6.18 Å². The molecule has 1 saturated carbocycles. The molecule has 3 heterocycles. The molecule has 1 N–H and O–H groups in total. The summed E-state index contributed by atoms with van der Waals surface area (Å²) in [6, 6.07) is 1.81. The minimum Gasteiger partial charge on any atom is -0.394 e. The molecule has 0 spiro atoms. The van der Waals surface area contributed by atoms with Gasteiger partial charge in [0.2, 0.25) is 5.91 Å². The average molecular weight is 459 g/mol. The van der Waals surface area contributed by atoms with E-state index in [-0.39, 0.29) is 60.0 Å². The fourth-order valence-electron chi connectivity index (χ4n) is 4.07. The molecule has 4 rings (SSSR count). The summed E-state index contributed by atoms with van der Waals surface area (Å²) in [6.45, 7) is 1.63. The number of rotatable bonds is 5. The Morgan fingerprint density at radius 3 is 2.61 bits per heavy atom. The van der Waals surface area contributed by atoms with Gasteiger partial charge in [0.15, 0.2) is 5.69 Å². The number of carbonyl (C=O) groups is 2. The van der Waals surface area contributed by atoms with E-state index in [1.54, 1.807) is 4.90 Å². The number of aromatic nitrogens is 2. The van der Waals surface area contributed by atoms with E-state index in [0.717, 1.165) is 25.3 Å². The van der Waals surface area contributed by atoms with E-state index in [1.807, 2.05) is 0 Å². The van der Waals surface area contributed by atoms with Gasteiger partial charge in [-0.3, -0.25) is 9.59 Å². The second kappa shape index (κ2) is 7.98. The highest BCUT2D eigenvalue weighted by atomic mass is 35.5. The summed E-state index contributed by atoms with van der Waals surface area (Å²) in [5.74, 6) is -0.374. The van der Waals surface area contributed by atoms with Crippen LogP contribution in [0.5, 0.6) is 0 Å². The van der Waals surface area contributed by atoms with Crippen LogP contribution in [0.2, 0.25) is 5.02 Å². The number of aryl methyl sites for hydroxylation is 1. The van der Waals surface area contributed by atoms with Crippen molar-refractivity contribution in [3.8, 4) is 0 Å². The molecule has 0 unspecified atom stereocenters. The summed E-state index contributed by atoms with van der Waals surface area (Å²) in [5.41, 5.74) is -0.887. The maximum absolute atomic E-state index is 13.4. The van der Waals surface area contributed by atoms with Gasteiger partial charge in [-0.1, -0.05) is 24.4 Å². The first kappa shape index (κ1) is 21.9. The van der Waals surface area contributed by atoms with Gasteiger partial charge in [-0.05, 0) is 31.4 Å². The molecule has 0 aromatic carbocycles. The Kier molecular flexibility index (Phi) is 5.63. The zero-order valence-electron chi connectivity index (χ0n) is 16.8. The lowest BCUT2D eigenvalue weighted by atomic mass is 10.1. The lowest BCUT2D eigenvalue weighted by molar-refractivity contribution is -0.142. The second-order valence-corrected chi connectivity index (χ2v) is 8.59. The molecule has 2 aromatic heterocycles. The maximum Gasteiger partial charge on any atom is 0.433 e. The SMILES string of the molecule is Cc1c(C(=O)N2CCN([C@H](CO)CC3CC3)C(=O)C2)nn2c(C(F)(F)F)cc(Cl)cc12. The summed E-state index contributed by atoms with van der Waals surface area (Å²) >= 11 is 5.85. The summed E-state index contributed by atoms with van der Waals surface area (Å²) in [7, 11) is 0. The van der Waals surface area contributed by atoms with Gasteiger partial charge in [0.25, 0.3) is 5.91 Å². The van der Waals surface area contributed by atoms with Gasteiger partial charge in [-0.2, -0.15) is 18.3 Å². The molecule has 1 aliphatic heterocycles. The van der Waals surface area contributed by atoms with E-state index in [1.165, 1.54) is 17.9 Å². The first-order valence-corrected chi connectivity index (χ1v) is 10.4. The molecule has 1 aliphatic carbocycles. The zero-order valence-corrected chi connectivity index (χ0v) is 17.6. The highest BCUT2D eigenvalue weighted by Crippen LogP contribution is 2.35. The van der Waals surface area contributed by atoms with Crippen molar-refractivity contribution in [3.05, 3.63) is 34.1 Å². The van der Waals surface area contributed by atoms with Gasteiger partial charge in [0.1, 0.15) is 12.2 Å². The van der Waals surface area contributed by atoms with Crippen LogP contribution in [0.25, 0.3) is 5.52 Å². The van der Waals surface area contributed by atoms with E-state index in [0.29, 0.717) is 10.4 Å². The normalized spacial score (nSPS) is 18.7. The molecule has 0 radical (unpaired) electrons. The monoisotopic (exact) mass is 458 g/mol. The highest BCUT2D eigenvalue weighted by molar-refractivity contribution is 6.31. The zero-order chi connectivity index (χ0) is 22.5. The third-order valence-corrected chi connectivity index (χ3v) is 6.15. The molecule has 2 fully saturated rings. The van der Waals surface area contributed by atoms with Gasteiger partial charge in [0.05, 0.1) is 18.2 Å². The Morgan fingerprint density at radius 2 is 2.03 bits per heavy atom. The predicted octanol–water partition coefficient (Wildman–Crippen LogP) is 2.76. The smallest absolute Gasteiger partial charge is 0.394 e. The molecular formula is C20H22ClF3N4O3. The minimum absolute atomic E-state index is 0.0814. The first-order valence-electron chi connectivity index (χ1n) is 10.1. The van der Waals surface area contributed by atoms with Crippen molar-refractivity contribution < 1.29 is 27.9 Å². The van der Waals surface area contributed by atoms with Gasteiger partial charge in [0, 0.05) is 23.7 Å². The second-order valence-electron chi connectivity index (χ2n) is 8.16. The summed E-state index contributed by atoms with van der Waals surface area (Å²) in [4.78, 5) is 28.6. The number of carbonyl (C=O) groups excluding carboxylic acids is 2. The van der Waals surface area contributed by atoms with E-state index < -0.39 is 17.8 Å². The van der Waals surface area contributed by atoms with E-state index in [9.17, 15) is 27.9 Å². The third-order valence-electron chi connectivity index (χ3n) is 5.94. The van der Waals surface area contributed by atoms with Crippen LogP contribution in [0.3, 0.4) is 0 Å². The topological polar surface area (TPSA) is 78.2 Å².